The molecule has 1 aromatic rings. The van der Waals surface area contributed by atoms with Crippen LogP contribution in [0.1, 0.15) is 38.3 Å². The topological polar surface area (TPSA) is 9.23 Å². The Hall–Kier alpha value is -0.603. The quantitative estimate of drug-likeness (QED) is 0.477. The Morgan fingerprint density at radius 2 is 1.50 bits per heavy atom. The highest BCUT2D eigenvalue weighted by atomic mass is 28.4. The molecule has 102 valence electrons. The van der Waals surface area contributed by atoms with Crippen molar-refractivity contribution in [3.05, 3.63) is 35.4 Å². The molecule has 0 saturated heterocycles. The van der Waals surface area contributed by atoms with E-state index < -0.39 is 8.32 Å². The molecule has 0 N–H and O–H groups in total. The molecule has 0 saturated carbocycles. The van der Waals surface area contributed by atoms with E-state index in [1.165, 1.54) is 29.3 Å². The fourth-order valence-electron chi connectivity index (χ4n) is 2.38. The van der Waals surface area contributed by atoms with Gasteiger partial charge in [-0.05, 0) is 43.5 Å². The summed E-state index contributed by atoms with van der Waals surface area (Å²) >= 11 is 0. The first kappa shape index (κ1) is 15.5. The molecule has 0 aromatic heterocycles. The minimum Gasteiger partial charge on any atom is -0.417 e. The summed E-state index contributed by atoms with van der Waals surface area (Å²) in [6, 6.07) is 12.6. The number of aryl methyl sites for hydroxylation is 2. The molecule has 0 amide bonds. The molecule has 0 atom stereocenters. The zero-order valence-corrected chi connectivity index (χ0v) is 13.5. The summed E-state index contributed by atoms with van der Waals surface area (Å²) in [5, 5.41) is 0. The normalized spacial score (nSPS) is 11.8. The Morgan fingerprint density at radius 3 is 2.00 bits per heavy atom. The van der Waals surface area contributed by atoms with Crippen LogP contribution in [0.15, 0.2) is 24.3 Å². The SMILES string of the molecule is CC[Si](CC)(CC)OCCCc1ccc(C)cc1. The van der Waals surface area contributed by atoms with Crippen molar-refractivity contribution in [1.29, 1.82) is 0 Å². The highest BCUT2D eigenvalue weighted by Gasteiger charge is 2.28. The molecule has 0 aliphatic carbocycles. The number of hydrogen-bond donors (Lipinski definition) is 0. The van der Waals surface area contributed by atoms with Gasteiger partial charge in [0.15, 0.2) is 8.32 Å². The summed E-state index contributed by atoms with van der Waals surface area (Å²) in [5.74, 6) is 0. The molecule has 0 spiro atoms. The average Bonchev–Trinajstić information content (AvgIpc) is 2.42. The van der Waals surface area contributed by atoms with Gasteiger partial charge in [0.1, 0.15) is 0 Å². The van der Waals surface area contributed by atoms with Gasteiger partial charge in [-0.1, -0.05) is 50.6 Å². The Balaban J connectivity index is 2.31. The van der Waals surface area contributed by atoms with Crippen molar-refractivity contribution in [2.24, 2.45) is 0 Å². The van der Waals surface area contributed by atoms with Gasteiger partial charge >= 0.3 is 0 Å². The van der Waals surface area contributed by atoms with Crippen LogP contribution < -0.4 is 0 Å². The number of benzene rings is 1. The molecule has 0 radical (unpaired) electrons. The third-order valence-electron chi connectivity index (χ3n) is 4.07. The van der Waals surface area contributed by atoms with Crippen LogP contribution in [0.3, 0.4) is 0 Å². The van der Waals surface area contributed by atoms with E-state index in [1.54, 1.807) is 0 Å². The van der Waals surface area contributed by atoms with Crippen LogP contribution in [0.25, 0.3) is 0 Å². The first-order valence-electron chi connectivity index (χ1n) is 7.35. The molecule has 0 unspecified atom stereocenters. The molecule has 0 bridgehead atoms. The maximum absolute atomic E-state index is 6.26. The Bertz CT molecular complexity index is 319. The minimum absolute atomic E-state index is 0.940. The van der Waals surface area contributed by atoms with E-state index in [0.29, 0.717) is 0 Å². The lowest BCUT2D eigenvalue weighted by Crippen LogP contribution is -2.36. The van der Waals surface area contributed by atoms with Gasteiger partial charge in [0.05, 0.1) is 0 Å². The summed E-state index contributed by atoms with van der Waals surface area (Å²) in [5.41, 5.74) is 2.77. The van der Waals surface area contributed by atoms with Crippen LogP contribution in [0, 0.1) is 6.92 Å². The van der Waals surface area contributed by atoms with Gasteiger partial charge in [-0.25, -0.2) is 0 Å². The Labute approximate surface area is 114 Å². The summed E-state index contributed by atoms with van der Waals surface area (Å²) in [6.07, 6.45) is 2.29. The van der Waals surface area contributed by atoms with Gasteiger partial charge in [-0.3, -0.25) is 0 Å². The molecule has 2 heteroatoms. The van der Waals surface area contributed by atoms with Crippen LogP contribution in [-0.4, -0.2) is 14.9 Å². The molecule has 0 aliphatic rings. The number of rotatable bonds is 8. The Morgan fingerprint density at radius 1 is 0.944 bits per heavy atom. The van der Waals surface area contributed by atoms with Crippen molar-refractivity contribution >= 4 is 8.32 Å². The third kappa shape index (κ3) is 4.58. The number of hydrogen-bond acceptors (Lipinski definition) is 1. The van der Waals surface area contributed by atoms with E-state index in [-0.39, 0.29) is 0 Å². The van der Waals surface area contributed by atoms with Crippen molar-refractivity contribution in [3.63, 3.8) is 0 Å². The summed E-state index contributed by atoms with van der Waals surface area (Å²) in [7, 11) is -1.36. The molecule has 1 nitrogen and oxygen atoms in total. The van der Waals surface area contributed by atoms with Crippen molar-refractivity contribution in [1.82, 2.24) is 0 Å². The third-order valence-corrected chi connectivity index (χ3v) is 8.75. The van der Waals surface area contributed by atoms with Crippen molar-refractivity contribution in [2.75, 3.05) is 6.61 Å². The van der Waals surface area contributed by atoms with E-state index in [1.807, 2.05) is 0 Å². The minimum atomic E-state index is -1.36. The lowest BCUT2D eigenvalue weighted by molar-refractivity contribution is 0.293. The summed E-state index contributed by atoms with van der Waals surface area (Å²) in [6.45, 7) is 9.95. The van der Waals surface area contributed by atoms with Gasteiger partial charge < -0.3 is 4.43 Å². The van der Waals surface area contributed by atoms with Gasteiger partial charge in [0.25, 0.3) is 0 Å². The molecule has 0 fully saturated rings. The second kappa shape index (κ2) is 7.75. The maximum Gasteiger partial charge on any atom is 0.191 e. The van der Waals surface area contributed by atoms with Crippen LogP contribution in [-0.2, 0) is 10.8 Å². The van der Waals surface area contributed by atoms with E-state index in [4.69, 9.17) is 4.43 Å². The average molecular weight is 264 g/mol. The van der Waals surface area contributed by atoms with Crippen LogP contribution in [0.5, 0.6) is 0 Å². The predicted molar refractivity (Wildman–Crippen MR) is 82.6 cm³/mol. The van der Waals surface area contributed by atoms with Crippen LogP contribution >= 0.6 is 0 Å². The standard InChI is InChI=1S/C16H28OSi/c1-5-18(6-2,7-3)17-14-8-9-16-12-10-15(4)11-13-16/h10-13H,5-9,14H2,1-4H3. The highest BCUT2D eigenvalue weighted by molar-refractivity contribution is 6.73. The predicted octanol–water partition coefficient (Wildman–Crippen LogP) is 4.95. The lowest BCUT2D eigenvalue weighted by Gasteiger charge is -2.27. The van der Waals surface area contributed by atoms with Crippen LogP contribution in [0.4, 0.5) is 0 Å². The molecular formula is C16H28OSi. The van der Waals surface area contributed by atoms with E-state index >= 15 is 0 Å². The first-order chi connectivity index (χ1) is 8.65. The highest BCUT2D eigenvalue weighted by Crippen LogP contribution is 2.21. The molecule has 0 heterocycles. The van der Waals surface area contributed by atoms with Gasteiger partial charge in [0, 0.05) is 6.61 Å². The second-order valence-electron chi connectivity index (χ2n) is 5.18. The molecule has 1 aromatic carbocycles. The van der Waals surface area contributed by atoms with Gasteiger partial charge in [0.2, 0.25) is 0 Å². The van der Waals surface area contributed by atoms with E-state index in [2.05, 4.69) is 52.0 Å². The van der Waals surface area contributed by atoms with Crippen molar-refractivity contribution < 1.29 is 4.43 Å². The van der Waals surface area contributed by atoms with Gasteiger partial charge in [-0.2, -0.15) is 0 Å². The fourth-order valence-corrected chi connectivity index (χ4v) is 5.07. The zero-order chi connectivity index (χ0) is 13.4. The van der Waals surface area contributed by atoms with Crippen LogP contribution in [0.2, 0.25) is 18.1 Å². The van der Waals surface area contributed by atoms with E-state index in [9.17, 15) is 0 Å². The second-order valence-corrected chi connectivity index (χ2v) is 9.96. The van der Waals surface area contributed by atoms with Crippen molar-refractivity contribution in [3.8, 4) is 0 Å². The summed E-state index contributed by atoms with van der Waals surface area (Å²) < 4.78 is 6.26. The fraction of sp³-hybridized carbons (Fsp3) is 0.625. The maximum atomic E-state index is 6.26. The zero-order valence-electron chi connectivity index (χ0n) is 12.5. The van der Waals surface area contributed by atoms with Gasteiger partial charge in [-0.15, -0.1) is 0 Å². The van der Waals surface area contributed by atoms with E-state index in [0.717, 1.165) is 19.4 Å². The smallest absolute Gasteiger partial charge is 0.191 e. The summed E-state index contributed by atoms with van der Waals surface area (Å²) in [4.78, 5) is 0. The van der Waals surface area contributed by atoms with Crippen molar-refractivity contribution in [2.45, 2.75) is 58.7 Å². The first-order valence-corrected chi connectivity index (χ1v) is 9.88. The monoisotopic (exact) mass is 264 g/mol. The lowest BCUT2D eigenvalue weighted by atomic mass is 10.1. The molecule has 1 rings (SSSR count). The largest absolute Gasteiger partial charge is 0.417 e. The molecule has 18 heavy (non-hydrogen) atoms. The molecule has 0 aliphatic heterocycles. The Kier molecular flexibility index (Phi) is 6.65. The molecular weight excluding hydrogens is 236 g/mol.